The quantitative estimate of drug-likeness (QED) is 0.624. The van der Waals surface area contributed by atoms with E-state index in [4.69, 9.17) is 12.6 Å². The van der Waals surface area contributed by atoms with Crippen LogP contribution in [-0.2, 0) is 0 Å². The SMILES string of the molecule is CC(C)(C)CC(C)(S)CC(C)(C)C. The predicted octanol–water partition coefficient (Wildman–Crippen LogP) is 4.55. The van der Waals surface area contributed by atoms with Crippen LogP contribution in [-0.4, -0.2) is 4.75 Å². The Balaban J connectivity index is 4.25. The van der Waals surface area contributed by atoms with E-state index in [0.29, 0.717) is 10.8 Å². The Labute approximate surface area is 89.9 Å². The van der Waals surface area contributed by atoms with E-state index in [1.807, 2.05) is 0 Å². The molecule has 0 rings (SSSR count). The first-order valence-corrected chi connectivity index (χ1v) is 5.59. The highest BCUT2D eigenvalue weighted by atomic mass is 32.1. The lowest BCUT2D eigenvalue weighted by atomic mass is 9.77. The second kappa shape index (κ2) is 3.84. The predicted molar refractivity (Wildman–Crippen MR) is 65.5 cm³/mol. The van der Waals surface area contributed by atoms with Crippen molar-refractivity contribution in [2.24, 2.45) is 10.8 Å². The second-order valence-electron chi connectivity index (χ2n) is 6.97. The topological polar surface area (TPSA) is 0 Å². The average Bonchev–Trinajstić information content (AvgIpc) is 1.43. The summed E-state index contributed by atoms with van der Waals surface area (Å²) in [7, 11) is 0. The third kappa shape index (κ3) is 8.67. The van der Waals surface area contributed by atoms with Crippen LogP contribution in [0.15, 0.2) is 0 Å². The van der Waals surface area contributed by atoms with Crippen LogP contribution in [0, 0.1) is 10.8 Å². The van der Waals surface area contributed by atoms with Gasteiger partial charge >= 0.3 is 0 Å². The Kier molecular flexibility index (Phi) is 3.95. The largest absolute Gasteiger partial charge is 0.173 e. The van der Waals surface area contributed by atoms with Crippen molar-refractivity contribution in [2.45, 2.75) is 66.1 Å². The van der Waals surface area contributed by atoms with E-state index in [1.54, 1.807) is 0 Å². The van der Waals surface area contributed by atoms with E-state index in [2.05, 4.69) is 48.5 Å². The summed E-state index contributed by atoms with van der Waals surface area (Å²) in [6.45, 7) is 15.9. The Bertz CT molecular complexity index is 137. The molecule has 0 saturated carbocycles. The molecule has 0 aromatic heterocycles. The van der Waals surface area contributed by atoms with E-state index in [1.165, 1.54) is 12.8 Å². The lowest BCUT2D eigenvalue weighted by Gasteiger charge is -2.36. The van der Waals surface area contributed by atoms with Crippen molar-refractivity contribution in [3.05, 3.63) is 0 Å². The lowest BCUT2D eigenvalue weighted by Crippen LogP contribution is -2.29. The fourth-order valence-corrected chi connectivity index (χ4v) is 3.30. The molecule has 0 aliphatic carbocycles. The van der Waals surface area contributed by atoms with E-state index < -0.39 is 0 Å². The molecule has 0 nitrogen and oxygen atoms in total. The van der Waals surface area contributed by atoms with Gasteiger partial charge in [-0.1, -0.05) is 48.5 Å². The van der Waals surface area contributed by atoms with Gasteiger partial charge in [-0.05, 0) is 23.7 Å². The molecule has 0 heterocycles. The Morgan fingerprint density at radius 3 is 1.08 bits per heavy atom. The Hall–Kier alpha value is 0.350. The van der Waals surface area contributed by atoms with Crippen LogP contribution in [0.3, 0.4) is 0 Å². The Morgan fingerprint density at radius 1 is 0.692 bits per heavy atom. The van der Waals surface area contributed by atoms with Crippen LogP contribution in [0.25, 0.3) is 0 Å². The van der Waals surface area contributed by atoms with Gasteiger partial charge in [0.05, 0.1) is 0 Å². The zero-order chi connectivity index (χ0) is 10.9. The minimum Gasteiger partial charge on any atom is -0.173 e. The van der Waals surface area contributed by atoms with Gasteiger partial charge in [-0.3, -0.25) is 0 Å². The molecule has 0 N–H and O–H groups in total. The number of thiol groups is 1. The molecule has 1 heteroatoms. The highest BCUT2D eigenvalue weighted by molar-refractivity contribution is 7.81. The van der Waals surface area contributed by atoms with Crippen molar-refractivity contribution in [3.63, 3.8) is 0 Å². The van der Waals surface area contributed by atoms with Crippen molar-refractivity contribution < 1.29 is 0 Å². The second-order valence-corrected chi connectivity index (χ2v) is 8.05. The van der Waals surface area contributed by atoms with Gasteiger partial charge in [0, 0.05) is 4.75 Å². The molecule has 0 aliphatic heterocycles. The van der Waals surface area contributed by atoms with Gasteiger partial charge in [0.1, 0.15) is 0 Å². The smallest absolute Gasteiger partial charge is 0.0111 e. The summed E-state index contributed by atoms with van der Waals surface area (Å²) < 4.78 is 0.163. The van der Waals surface area contributed by atoms with Crippen LogP contribution < -0.4 is 0 Å². The molecule has 0 spiro atoms. The first-order chi connectivity index (χ1) is 5.41. The minimum atomic E-state index is 0.163. The van der Waals surface area contributed by atoms with Gasteiger partial charge in [-0.15, -0.1) is 0 Å². The zero-order valence-corrected chi connectivity index (χ0v) is 11.3. The first kappa shape index (κ1) is 13.4. The fourth-order valence-electron chi connectivity index (χ4n) is 2.35. The summed E-state index contributed by atoms with van der Waals surface area (Å²) in [6.07, 6.45) is 2.33. The summed E-state index contributed by atoms with van der Waals surface area (Å²) in [6, 6.07) is 0. The van der Waals surface area contributed by atoms with Crippen molar-refractivity contribution in [1.29, 1.82) is 0 Å². The van der Waals surface area contributed by atoms with E-state index in [0.717, 1.165) is 0 Å². The van der Waals surface area contributed by atoms with Gasteiger partial charge in [0.15, 0.2) is 0 Å². The van der Waals surface area contributed by atoms with Crippen molar-refractivity contribution in [2.75, 3.05) is 0 Å². The monoisotopic (exact) mass is 202 g/mol. The van der Waals surface area contributed by atoms with Crippen molar-refractivity contribution in [3.8, 4) is 0 Å². The molecular formula is C12H26S. The molecule has 0 fully saturated rings. The summed E-state index contributed by atoms with van der Waals surface area (Å²) >= 11 is 4.77. The third-order valence-corrected chi connectivity index (χ3v) is 2.14. The van der Waals surface area contributed by atoms with Crippen LogP contribution in [0.5, 0.6) is 0 Å². The highest BCUT2D eigenvalue weighted by Crippen LogP contribution is 2.39. The van der Waals surface area contributed by atoms with Gasteiger partial charge in [0.2, 0.25) is 0 Å². The maximum Gasteiger partial charge on any atom is 0.0111 e. The van der Waals surface area contributed by atoms with Gasteiger partial charge in [-0.25, -0.2) is 0 Å². The molecule has 0 aromatic carbocycles. The summed E-state index contributed by atoms with van der Waals surface area (Å²) in [5.74, 6) is 0. The van der Waals surface area contributed by atoms with E-state index in [9.17, 15) is 0 Å². The van der Waals surface area contributed by atoms with Gasteiger partial charge in [-0.2, -0.15) is 12.6 Å². The molecule has 0 aliphatic rings. The lowest BCUT2D eigenvalue weighted by molar-refractivity contribution is 0.259. The number of hydrogen-bond donors (Lipinski definition) is 1. The van der Waals surface area contributed by atoms with Crippen molar-refractivity contribution in [1.82, 2.24) is 0 Å². The molecule has 0 atom stereocenters. The minimum absolute atomic E-state index is 0.163. The number of rotatable bonds is 2. The summed E-state index contributed by atoms with van der Waals surface area (Å²) in [5.41, 5.74) is 0.753. The van der Waals surface area contributed by atoms with Crippen LogP contribution in [0.2, 0.25) is 0 Å². The molecule has 0 unspecified atom stereocenters. The average molecular weight is 202 g/mol. The molecule has 80 valence electrons. The third-order valence-electron chi connectivity index (χ3n) is 1.82. The Morgan fingerprint density at radius 2 is 0.923 bits per heavy atom. The molecule has 0 amide bonds. The zero-order valence-electron chi connectivity index (χ0n) is 10.4. The molecule has 0 radical (unpaired) electrons. The molecule has 0 saturated heterocycles. The van der Waals surface area contributed by atoms with E-state index >= 15 is 0 Å². The molecule has 13 heavy (non-hydrogen) atoms. The van der Waals surface area contributed by atoms with Crippen molar-refractivity contribution >= 4 is 12.6 Å². The normalized spacial score (nSPS) is 14.8. The fraction of sp³-hybridized carbons (Fsp3) is 1.00. The molecule has 0 bridgehead atoms. The molecule has 0 aromatic rings. The summed E-state index contributed by atoms with van der Waals surface area (Å²) in [5, 5.41) is 0. The maximum atomic E-state index is 4.77. The summed E-state index contributed by atoms with van der Waals surface area (Å²) in [4.78, 5) is 0. The number of hydrogen-bond acceptors (Lipinski definition) is 1. The first-order valence-electron chi connectivity index (χ1n) is 5.14. The van der Waals surface area contributed by atoms with Crippen LogP contribution in [0.1, 0.15) is 61.3 Å². The van der Waals surface area contributed by atoms with Gasteiger partial charge in [0.25, 0.3) is 0 Å². The van der Waals surface area contributed by atoms with Gasteiger partial charge < -0.3 is 0 Å². The maximum absolute atomic E-state index is 4.77. The van der Waals surface area contributed by atoms with Crippen LogP contribution >= 0.6 is 12.6 Å². The molecular weight excluding hydrogens is 176 g/mol. The highest BCUT2D eigenvalue weighted by Gasteiger charge is 2.30. The van der Waals surface area contributed by atoms with Crippen LogP contribution in [0.4, 0.5) is 0 Å². The standard InChI is InChI=1S/C12H26S/c1-10(2,3)8-12(7,13)9-11(4,5)6/h13H,8-9H2,1-7H3. The van der Waals surface area contributed by atoms with E-state index in [-0.39, 0.29) is 4.75 Å².